The monoisotopic (exact) mass is 527 g/mol. The van der Waals surface area contributed by atoms with E-state index in [1.807, 2.05) is 49.5 Å². The lowest BCUT2D eigenvalue weighted by atomic mass is 10.1. The Labute approximate surface area is 227 Å². The summed E-state index contributed by atoms with van der Waals surface area (Å²) in [6.45, 7) is 2.02. The topological polar surface area (TPSA) is 121 Å². The fourth-order valence-electron chi connectivity index (χ4n) is 4.32. The highest BCUT2D eigenvalue weighted by atomic mass is 16.6. The van der Waals surface area contributed by atoms with Gasteiger partial charge in [-0.25, -0.2) is 9.67 Å². The molecule has 10 nitrogen and oxygen atoms in total. The Hall–Kier alpha value is -5.77. The van der Waals surface area contributed by atoms with E-state index in [2.05, 4.69) is 15.1 Å². The molecule has 3 aromatic heterocycles. The van der Waals surface area contributed by atoms with Crippen molar-refractivity contribution in [3.8, 4) is 28.3 Å². The highest BCUT2D eigenvalue weighted by Crippen LogP contribution is 2.24. The Morgan fingerprint density at radius 1 is 0.900 bits per heavy atom. The molecule has 0 aliphatic heterocycles. The number of hydrogen-bond donors (Lipinski definition) is 0. The van der Waals surface area contributed by atoms with Gasteiger partial charge in [-0.2, -0.15) is 14.9 Å². The molecule has 0 unspecified atom stereocenters. The van der Waals surface area contributed by atoms with Crippen LogP contribution in [0.15, 0.2) is 113 Å². The van der Waals surface area contributed by atoms with Gasteiger partial charge in [0.15, 0.2) is 5.82 Å². The first-order chi connectivity index (χ1) is 19.5. The lowest BCUT2D eigenvalue weighted by Gasteiger charge is -2.09. The maximum atomic E-state index is 13.6. The zero-order valence-corrected chi connectivity index (χ0v) is 21.2. The van der Waals surface area contributed by atoms with Crippen LogP contribution in [0.4, 0.5) is 5.69 Å². The van der Waals surface area contributed by atoms with Crippen LogP contribution in [0.1, 0.15) is 11.1 Å². The summed E-state index contributed by atoms with van der Waals surface area (Å²) in [5, 5.41) is 21.0. The van der Waals surface area contributed by atoms with E-state index in [0.29, 0.717) is 27.7 Å². The van der Waals surface area contributed by atoms with Gasteiger partial charge in [-0.05, 0) is 55.5 Å². The molecule has 0 radical (unpaired) electrons. The second-order valence-corrected chi connectivity index (χ2v) is 9.07. The van der Waals surface area contributed by atoms with Gasteiger partial charge in [0.2, 0.25) is 0 Å². The number of para-hydroxylation sites is 1. The Morgan fingerprint density at radius 3 is 2.35 bits per heavy atom. The van der Waals surface area contributed by atoms with E-state index in [1.54, 1.807) is 59.7 Å². The molecule has 0 aliphatic carbocycles. The number of nitro benzene ring substituents is 1. The van der Waals surface area contributed by atoms with Crippen LogP contribution in [-0.2, 0) is 0 Å². The quantitative estimate of drug-likeness (QED) is 0.162. The van der Waals surface area contributed by atoms with E-state index >= 15 is 0 Å². The van der Waals surface area contributed by atoms with Crippen molar-refractivity contribution < 1.29 is 4.92 Å². The van der Waals surface area contributed by atoms with Gasteiger partial charge < -0.3 is 0 Å². The number of hydrogen-bond acceptors (Lipinski definition) is 7. The fraction of sp³-hybridized carbons (Fsp3) is 0.0333. The Bertz CT molecular complexity index is 1940. The predicted octanol–water partition coefficient (Wildman–Crippen LogP) is 5.41. The van der Waals surface area contributed by atoms with Gasteiger partial charge in [-0.1, -0.05) is 29.8 Å². The van der Waals surface area contributed by atoms with Crippen molar-refractivity contribution in [1.29, 1.82) is 0 Å². The Balaban J connectivity index is 1.52. The van der Waals surface area contributed by atoms with Crippen molar-refractivity contribution in [2.24, 2.45) is 5.10 Å². The largest absolute Gasteiger partial charge is 0.282 e. The number of non-ortho nitro benzene ring substituents is 1. The minimum atomic E-state index is -0.477. The van der Waals surface area contributed by atoms with Crippen LogP contribution in [0.5, 0.6) is 0 Å². The number of fused-ring (bicyclic) bond motifs is 1. The number of aromatic nitrogens is 5. The third-order valence-corrected chi connectivity index (χ3v) is 6.40. The highest BCUT2D eigenvalue weighted by Gasteiger charge is 2.16. The maximum absolute atomic E-state index is 13.6. The first-order valence-electron chi connectivity index (χ1n) is 12.4. The van der Waals surface area contributed by atoms with Gasteiger partial charge in [-0.3, -0.25) is 19.9 Å². The van der Waals surface area contributed by atoms with Crippen molar-refractivity contribution in [3.05, 3.63) is 135 Å². The molecule has 6 rings (SSSR count). The van der Waals surface area contributed by atoms with Crippen LogP contribution in [0, 0.1) is 17.0 Å². The zero-order chi connectivity index (χ0) is 27.6. The lowest BCUT2D eigenvalue weighted by Crippen LogP contribution is -2.20. The molecule has 0 saturated heterocycles. The van der Waals surface area contributed by atoms with Crippen LogP contribution >= 0.6 is 0 Å². The summed E-state index contributed by atoms with van der Waals surface area (Å²) in [5.41, 5.74) is 4.74. The summed E-state index contributed by atoms with van der Waals surface area (Å²) in [6.07, 6.45) is 6.78. The molecule has 3 aromatic carbocycles. The molecule has 40 heavy (non-hydrogen) atoms. The van der Waals surface area contributed by atoms with E-state index < -0.39 is 4.92 Å². The molecular formula is C30H21N7O3. The lowest BCUT2D eigenvalue weighted by molar-refractivity contribution is -0.384. The minimum Gasteiger partial charge on any atom is -0.267 e. The van der Waals surface area contributed by atoms with Crippen molar-refractivity contribution in [2.45, 2.75) is 6.92 Å². The number of pyridine rings is 1. The van der Waals surface area contributed by atoms with Crippen LogP contribution in [0.25, 0.3) is 39.2 Å². The molecule has 0 bridgehead atoms. The number of nitro groups is 1. The van der Waals surface area contributed by atoms with Gasteiger partial charge in [-0.15, -0.1) is 0 Å². The molecule has 0 saturated carbocycles. The van der Waals surface area contributed by atoms with Gasteiger partial charge in [0.25, 0.3) is 11.2 Å². The molecule has 10 heteroatoms. The van der Waals surface area contributed by atoms with E-state index in [4.69, 9.17) is 5.10 Å². The summed E-state index contributed by atoms with van der Waals surface area (Å²) < 4.78 is 2.97. The first kappa shape index (κ1) is 24.6. The average Bonchev–Trinajstić information content (AvgIpc) is 3.42. The van der Waals surface area contributed by atoms with Crippen molar-refractivity contribution in [2.75, 3.05) is 0 Å². The van der Waals surface area contributed by atoms with Crippen molar-refractivity contribution >= 4 is 22.8 Å². The molecule has 0 spiro atoms. The van der Waals surface area contributed by atoms with Crippen LogP contribution in [0.2, 0.25) is 0 Å². The molecule has 194 valence electrons. The number of nitrogens with zero attached hydrogens (tertiary/aromatic N) is 7. The fourth-order valence-corrected chi connectivity index (χ4v) is 4.32. The second kappa shape index (κ2) is 10.2. The zero-order valence-electron chi connectivity index (χ0n) is 21.2. The molecule has 6 aromatic rings. The predicted molar refractivity (Wildman–Crippen MR) is 153 cm³/mol. The van der Waals surface area contributed by atoms with Gasteiger partial charge >= 0.3 is 0 Å². The highest BCUT2D eigenvalue weighted by molar-refractivity contribution is 5.89. The SMILES string of the molecule is Cc1ccc(-n2cc(/C=N/n3c(-c4ccc([N+](=O)[O-])cc4)nc4ccccc4c3=O)c(-c3ccncc3)n2)cc1. The standard InChI is InChI=1S/C30H21N7O3/c1-20-6-10-24(11-7-20)35-19-23(28(34-35)21-14-16-31-17-15-21)18-32-36-29(22-8-12-25(13-9-22)37(39)40)33-27-5-3-2-4-26(27)30(36)38/h2-19H,1H3/b32-18+. The average molecular weight is 528 g/mol. The minimum absolute atomic E-state index is 0.0625. The molecule has 0 atom stereocenters. The molecule has 0 amide bonds. The molecular weight excluding hydrogens is 506 g/mol. The Morgan fingerprint density at radius 2 is 1.62 bits per heavy atom. The van der Waals surface area contributed by atoms with Gasteiger partial charge in [0.05, 0.1) is 27.7 Å². The van der Waals surface area contributed by atoms with Crippen LogP contribution in [-0.4, -0.2) is 35.6 Å². The summed E-state index contributed by atoms with van der Waals surface area (Å²) in [5.74, 6) is 0.256. The molecule has 0 aliphatic rings. The number of benzene rings is 3. The number of aryl methyl sites for hydroxylation is 1. The molecule has 0 fully saturated rings. The van der Waals surface area contributed by atoms with E-state index in [-0.39, 0.29) is 17.1 Å². The smallest absolute Gasteiger partial charge is 0.267 e. The summed E-state index contributed by atoms with van der Waals surface area (Å²) in [7, 11) is 0. The Kier molecular flexibility index (Phi) is 6.25. The van der Waals surface area contributed by atoms with E-state index in [9.17, 15) is 14.9 Å². The summed E-state index contributed by atoms with van der Waals surface area (Å²) >= 11 is 0. The van der Waals surface area contributed by atoms with E-state index in [0.717, 1.165) is 16.8 Å². The number of rotatable bonds is 6. The van der Waals surface area contributed by atoms with Crippen molar-refractivity contribution in [1.82, 2.24) is 24.4 Å². The first-order valence-corrected chi connectivity index (χ1v) is 12.4. The van der Waals surface area contributed by atoms with Crippen LogP contribution < -0.4 is 5.56 Å². The van der Waals surface area contributed by atoms with Crippen molar-refractivity contribution in [3.63, 3.8) is 0 Å². The van der Waals surface area contributed by atoms with Gasteiger partial charge in [0, 0.05) is 47.4 Å². The van der Waals surface area contributed by atoms with E-state index in [1.165, 1.54) is 16.8 Å². The summed E-state index contributed by atoms with van der Waals surface area (Å²) in [4.78, 5) is 33.1. The molecule has 0 N–H and O–H groups in total. The normalized spacial score (nSPS) is 11.3. The third-order valence-electron chi connectivity index (χ3n) is 6.40. The second-order valence-electron chi connectivity index (χ2n) is 9.07. The van der Waals surface area contributed by atoms with Crippen LogP contribution in [0.3, 0.4) is 0 Å². The van der Waals surface area contributed by atoms with Gasteiger partial charge in [0.1, 0.15) is 5.69 Å². The summed E-state index contributed by atoms with van der Waals surface area (Å²) in [6, 6.07) is 24.5. The maximum Gasteiger partial charge on any atom is 0.282 e. The third kappa shape index (κ3) is 4.65. The molecule has 3 heterocycles.